The monoisotopic (exact) mass is 368 g/mol. The number of fused-ring (bicyclic) bond motifs is 1. The number of para-hydroxylation sites is 1. The number of hydrogen-bond acceptors (Lipinski definition) is 5. The summed E-state index contributed by atoms with van der Waals surface area (Å²) in [5, 5.41) is 1.51. The van der Waals surface area contributed by atoms with Gasteiger partial charge in [-0.1, -0.05) is 36.0 Å². The van der Waals surface area contributed by atoms with E-state index in [1.165, 1.54) is 18.9 Å². The number of esters is 1. The summed E-state index contributed by atoms with van der Waals surface area (Å²) >= 11 is 1.40. The number of aromatic nitrogens is 2. The Morgan fingerprint density at radius 1 is 1.15 bits per heavy atom. The number of rotatable bonds is 5. The second-order valence-electron chi connectivity index (χ2n) is 6.08. The molecule has 0 radical (unpaired) electrons. The van der Waals surface area contributed by atoms with Gasteiger partial charge in [-0.2, -0.15) is 0 Å². The predicted octanol–water partition coefficient (Wildman–Crippen LogP) is 4.33. The fourth-order valence-electron chi connectivity index (χ4n) is 2.96. The van der Waals surface area contributed by atoms with E-state index in [1.807, 2.05) is 43.3 Å². The molecule has 1 aromatic carbocycles. The molecule has 1 atom stereocenters. The number of methoxy groups -OCH3 is 1. The number of thioether (sulfide) groups is 1. The molecule has 0 aliphatic carbocycles. The normalized spacial score (nSPS) is 12.2. The van der Waals surface area contributed by atoms with Crippen molar-refractivity contribution in [1.29, 1.82) is 0 Å². The molecule has 0 aliphatic heterocycles. The highest BCUT2D eigenvalue weighted by atomic mass is 32.2. The minimum absolute atomic E-state index is 0.0688. The summed E-state index contributed by atoms with van der Waals surface area (Å²) in [7, 11) is 1.33. The van der Waals surface area contributed by atoms with E-state index in [1.54, 1.807) is 13.8 Å². The highest BCUT2D eigenvalue weighted by molar-refractivity contribution is 8.00. The molecule has 1 N–H and O–H groups in total. The van der Waals surface area contributed by atoms with E-state index in [0.29, 0.717) is 22.5 Å². The van der Waals surface area contributed by atoms with Crippen LogP contribution in [0, 0.1) is 13.8 Å². The lowest BCUT2D eigenvalue weighted by molar-refractivity contribution is 0.0599. The van der Waals surface area contributed by atoms with Crippen molar-refractivity contribution in [3.8, 4) is 0 Å². The Morgan fingerprint density at radius 2 is 1.88 bits per heavy atom. The maximum Gasteiger partial charge on any atom is 0.339 e. The van der Waals surface area contributed by atoms with Gasteiger partial charge in [-0.15, -0.1) is 0 Å². The Labute approximate surface area is 156 Å². The molecule has 3 rings (SSSR count). The third-order valence-corrected chi connectivity index (χ3v) is 5.35. The number of carbonyl (C=O) groups excluding carboxylic acids is 2. The number of pyridine rings is 1. The number of aromatic amines is 1. The molecule has 1 unspecified atom stereocenters. The van der Waals surface area contributed by atoms with Gasteiger partial charge in [0.05, 0.1) is 34.2 Å². The molecule has 0 saturated heterocycles. The second kappa shape index (κ2) is 7.33. The third kappa shape index (κ3) is 3.37. The van der Waals surface area contributed by atoms with Crippen LogP contribution in [0.3, 0.4) is 0 Å². The van der Waals surface area contributed by atoms with Crippen LogP contribution in [0.25, 0.3) is 10.9 Å². The van der Waals surface area contributed by atoms with Crippen LogP contribution in [0.2, 0.25) is 0 Å². The van der Waals surface area contributed by atoms with E-state index in [0.717, 1.165) is 15.9 Å². The molecule has 0 fully saturated rings. The zero-order valence-electron chi connectivity index (χ0n) is 15.1. The SMILES string of the molecule is COC(=O)c1c(C)[nH]c(C(=O)C(C)Sc2ccc3ccccc3n2)c1C. The molecule has 0 aliphatic rings. The fourth-order valence-corrected chi connectivity index (χ4v) is 3.84. The van der Waals surface area contributed by atoms with Gasteiger partial charge in [0.2, 0.25) is 0 Å². The Hall–Kier alpha value is -2.60. The summed E-state index contributed by atoms with van der Waals surface area (Å²) in [5.74, 6) is -0.507. The van der Waals surface area contributed by atoms with Gasteiger partial charge in [0, 0.05) is 11.1 Å². The number of Topliss-reactive ketones (excluding diaryl/α,β-unsaturated/α-hetero) is 1. The van der Waals surface area contributed by atoms with Gasteiger partial charge < -0.3 is 9.72 Å². The van der Waals surface area contributed by atoms with Gasteiger partial charge in [-0.25, -0.2) is 9.78 Å². The van der Waals surface area contributed by atoms with Crippen molar-refractivity contribution in [2.45, 2.75) is 31.0 Å². The smallest absolute Gasteiger partial charge is 0.339 e. The van der Waals surface area contributed by atoms with Gasteiger partial charge in [-0.3, -0.25) is 4.79 Å². The molecular formula is C20H20N2O3S. The average molecular weight is 368 g/mol. The first kappa shape index (κ1) is 18.2. The average Bonchev–Trinajstić information content (AvgIpc) is 2.94. The molecule has 134 valence electrons. The molecule has 26 heavy (non-hydrogen) atoms. The predicted molar refractivity (Wildman–Crippen MR) is 103 cm³/mol. The van der Waals surface area contributed by atoms with Crippen LogP contribution in [-0.4, -0.2) is 34.1 Å². The zero-order chi connectivity index (χ0) is 18.8. The topological polar surface area (TPSA) is 72.1 Å². The van der Waals surface area contributed by atoms with Crippen molar-refractivity contribution in [2.75, 3.05) is 7.11 Å². The lowest BCUT2D eigenvalue weighted by atomic mass is 10.1. The molecule has 0 amide bonds. The van der Waals surface area contributed by atoms with Crippen molar-refractivity contribution in [3.63, 3.8) is 0 Å². The van der Waals surface area contributed by atoms with Crippen LogP contribution < -0.4 is 0 Å². The first-order valence-corrected chi connectivity index (χ1v) is 9.14. The van der Waals surface area contributed by atoms with Crippen LogP contribution in [0.1, 0.15) is 39.0 Å². The quantitative estimate of drug-likeness (QED) is 0.412. The fraction of sp³-hybridized carbons (Fsp3) is 0.250. The molecule has 5 nitrogen and oxygen atoms in total. The maximum absolute atomic E-state index is 12.9. The second-order valence-corrected chi connectivity index (χ2v) is 7.44. The van der Waals surface area contributed by atoms with Crippen molar-refractivity contribution < 1.29 is 14.3 Å². The number of nitrogens with zero attached hydrogens (tertiary/aromatic N) is 1. The third-order valence-electron chi connectivity index (χ3n) is 4.31. The van der Waals surface area contributed by atoms with Crippen molar-refractivity contribution in [1.82, 2.24) is 9.97 Å². The summed E-state index contributed by atoms with van der Waals surface area (Å²) < 4.78 is 4.80. The molecule has 0 bridgehead atoms. The van der Waals surface area contributed by atoms with E-state index in [-0.39, 0.29) is 11.0 Å². The highest BCUT2D eigenvalue weighted by Gasteiger charge is 2.26. The largest absolute Gasteiger partial charge is 0.465 e. The summed E-state index contributed by atoms with van der Waals surface area (Å²) in [5.41, 5.74) is 3.04. The minimum atomic E-state index is -0.438. The number of H-pyrrole nitrogens is 1. The number of benzene rings is 1. The van der Waals surface area contributed by atoms with Crippen LogP contribution in [0.15, 0.2) is 41.4 Å². The Bertz CT molecular complexity index is 994. The van der Waals surface area contributed by atoms with E-state index in [2.05, 4.69) is 9.97 Å². The maximum atomic E-state index is 12.9. The van der Waals surface area contributed by atoms with Gasteiger partial charge >= 0.3 is 5.97 Å². The van der Waals surface area contributed by atoms with Crippen molar-refractivity contribution in [3.05, 3.63) is 58.9 Å². The molecule has 0 saturated carbocycles. The summed E-state index contributed by atoms with van der Waals surface area (Å²) in [6.45, 7) is 5.37. The number of aryl methyl sites for hydroxylation is 1. The van der Waals surface area contributed by atoms with Crippen LogP contribution in [-0.2, 0) is 4.74 Å². The van der Waals surface area contributed by atoms with E-state index in [9.17, 15) is 9.59 Å². The number of ether oxygens (including phenoxy) is 1. The van der Waals surface area contributed by atoms with Gasteiger partial charge in [0.1, 0.15) is 0 Å². The molecule has 0 spiro atoms. The molecule has 2 aromatic heterocycles. The lowest BCUT2D eigenvalue weighted by Gasteiger charge is -2.10. The molecular weight excluding hydrogens is 348 g/mol. The standard InChI is InChI=1S/C20H20N2O3S/c1-11-17(20(24)25-4)12(2)21-18(11)19(23)13(3)26-16-10-9-14-7-5-6-8-15(14)22-16/h5-10,13,21H,1-4H3. The number of carbonyl (C=O) groups is 2. The van der Waals surface area contributed by atoms with Crippen LogP contribution >= 0.6 is 11.8 Å². The lowest BCUT2D eigenvalue weighted by Crippen LogP contribution is -2.15. The van der Waals surface area contributed by atoms with E-state index in [4.69, 9.17) is 4.74 Å². The van der Waals surface area contributed by atoms with Crippen molar-refractivity contribution >= 4 is 34.4 Å². The molecule has 2 heterocycles. The minimum Gasteiger partial charge on any atom is -0.465 e. The van der Waals surface area contributed by atoms with Gasteiger partial charge in [0.15, 0.2) is 5.78 Å². The Kier molecular flexibility index (Phi) is 5.13. The van der Waals surface area contributed by atoms with Gasteiger partial charge in [0.25, 0.3) is 0 Å². The van der Waals surface area contributed by atoms with E-state index < -0.39 is 5.97 Å². The highest BCUT2D eigenvalue weighted by Crippen LogP contribution is 2.28. The number of ketones is 1. The Balaban J connectivity index is 1.84. The first-order valence-electron chi connectivity index (χ1n) is 8.26. The summed E-state index contributed by atoms with van der Waals surface area (Å²) in [6, 6.07) is 11.8. The summed E-state index contributed by atoms with van der Waals surface area (Å²) in [6.07, 6.45) is 0. The first-order chi connectivity index (χ1) is 12.4. The number of nitrogens with one attached hydrogen (secondary N) is 1. The van der Waals surface area contributed by atoms with Crippen LogP contribution in [0.4, 0.5) is 0 Å². The van der Waals surface area contributed by atoms with Crippen molar-refractivity contribution in [2.24, 2.45) is 0 Å². The molecule has 6 heteroatoms. The number of hydrogen-bond donors (Lipinski definition) is 1. The summed E-state index contributed by atoms with van der Waals surface area (Å²) in [4.78, 5) is 32.4. The van der Waals surface area contributed by atoms with E-state index >= 15 is 0 Å². The van der Waals surface area contributed by atoms with Crippen LogP contribution in [0.5, 0.6) is 0 Å². The Morgan fingerprint density at radius 3 is 2.62 bits per heavy atom. The van der Waals surface area contributed by atoms with Gasteiger partial charge in [-0.05, 0) is 38.5 Å². The molecule has 3 aromatic rings. The zero-order valence-corrected chi connectivity index (χ0v) is 15.9.